The van der Waals surface area contributed by atoms with Crippen LogP contribution in [0.15, 0.2) is 24.3 Å². The van der Waals surface area contributed by atoms with Gasteiger partial charge in [-0.1, -0.05) is 35.3 Å². The summed E-state index contributed by atoms with van der Waals surface area (Å²) in [6.07, 6.45) is 0. The Morgan fingerprint density at radius 3 is 1.59 bits per heavy atom. The minimum atomic E-state index is -5.29. The lowest BCUT2D eigenvalue weighted by Gasteiger charge is -2.28. The molecule has 0 aliphatic rings. The maximum absolute atomic E-state index is 11.2. The molecule has 4 N–H and O–H groups in total. The fourth-order valence-electron chi connectivity index (χ4n) is 1.17. The molecule has 1 rings (SSSR count). The predicted molar refractivity (Wildman–Crippen MR) is 63.1 cm³/mol. The molecule has 0 fully saturated rings. The van der Waals surface area contributed by atoms with E-state index in [4.69, 9.17) is 42.8 Å². The van der Waals surface area contributed by atoms with Crippen LogP contribution < -0.4 is 0 Å². The van der Waals surface area contributed by atoms with Gasteiger partial charge in [0.2, 0.25) is 0 Å². The molecule has 96 valence electrons. The maximum atomic E-state index is 11.2. The largest absolute Gasteiger partial charge is 0.363 e. The van der Waals surface area contributed by atoms with Gasteiger partial charge in [-0.25, -0.2) is 0 Å². The first-order valence-electron chi connectivity index (χ1n) is 4.06. The van der Waals surface area contributed by atoms with Gasteiger partial charge in [-0.15, -0.1) is 0 Å². The number of benzene rings is 1. The van der Waals surface area contributed by atoms with E-state index in [2.05, 4.69) is 0 Å². The molecular weight excluding hydrogens is 313 g/mol. The van der Waals surface area contributed by atoms with E-state index in [0.29, 0.717) is 0 Å². The van der Waals surface area contributed by atoms with Crippen molar-refractivity contribution in [2.24, 2.45) is 0 Å². The van der Waals surface area contributed by atoms with Crippen LogP contribution >= 0.6 is 38.4 Å². The molecule has 0 bridgehead atoms. The minimum Gasteiger partial charge on any atom is -0.322 e. The Labute approximate surface area is 107 Å². The van der Waals surface area contributed by atoms with Crippen molar-refractivity contribution >= 4 is 38.4 Å². The Morgan fingerprint density at radius 2 is 1.29 bits per heavy atom. The third-order valence-corrected chi connectivity index (χ3v) is 7.40. The van der Waals surface area contributed by atoms with Crippen molar-refractivity contribution in [3.8, 4) is 0 Å². The van der Waals surface area contributed by atoms with Crippen molar-refractivity contribution in [2.75, 3.05) is 0 Å². The van der Waals surface area contributed by atoms with Gasteiger partial charge in [-0.2, -0.15) is 0 Å². The molecule has 0 saturated carbocycles. The van der Waals surface area contributed by atoms with Crippen LogP contribution in [0.3, 0.4) is 0 Å². The zero-order valence-electron chi connectivity index (χ0n) is 8.07. The lowest BCUT2D eigenvalue weighted by atomic mass is 10.2. The highest BCUT2D eigenvalue weighted by Gasteiger charge is 2.60. The van der Waals surface area contributed by atoms with Crippen LogP contribution in [0.25, 0.3) is 0 Å². The molecule has 0 saturated heterocycles. The van der Waals surface area contributed by atoms with Crippen molar-refractivity contribution in [1.82, 2.24) is 0 Å². The first-order chi connectivity index (χ1) is 7.50. The SMILES string of the molecule is O=P(O)(O)C(Cl)(c1ccc(Cl)cc1)P(=O)(O)O. The highest BCUT2D eigenvalue weighted by Crippen LogP contribution is 2.76. The van der Waals surface area contributed by atoms with Gasteiger partial charge >= 0.3 is 15.2 Å². The predicted octanol–water partition coefficient (Wildman–Crippen LogP) is 2.04. The zero-order valence-corrected chi connectivity index (χ0v) is 11.4. The molecule has 1 aromatic carbocycles. The molecule has 0 radical (unpaired) electrons. The first-order valence-corrected chi connectivity index (χ1v) is 8.04. The van der Waals surface area contributed by atoms with E-state index >= 15 is 0 Å². The molecule has 17 heavy (non-hydrogen) atoms. The van der Waals surface area contributed by atoms with Crippen LogP contribution in [-0.2, 0) is 13.5 Å². The first kappa shape index (κ1) is 15.2. The quantitative estimate of drug-likeness (QED) is 0.500. The van der Waals surface area contributed by atoms with E-state index in [9.17, 15) is 9.13 Å². The summed E-state index contributed by atoms with van der Waals surface area (Å²) in [6.45, 7) is 0. The summed E-state index contributed by atoms with van der Waals surface area (Å²) in [4.78, 5) is 36.2. The van der Waals surface area contributed by atoms with Gasteiger partial charge in [0.1, 0.15) is 0 Å². The number of hydrogen-bond donors (Lipinski definition) is 4. The monoisotopic (exact) mass is 320 g/mol. The molecule has 0 atom stereocenters. The molecule has 0 heterocycles. The summed E-state index contributed by atoms with van der Waals surface area (Å²) < 4.78 is 19.4. The number of hydrogen-bond acceptors (Lipinski definition) is 2. The highest BCUT2D eigenvalue weighted by molar-refractivity contribution is 7.74. The Bertz CT molecular complexity index is 482. The standard InChI is InChI=1S/C7H8Cl2O6P2/c8-6-3-1-5(2-4-6)7(9,16(10,11)12)17(13,14)15/h1-4H,(H2,10,11,12)(H2,13,14,15). The van der Waals surface area contributed by atoms with Crippen LogP contribution in [0.1, 0.15) is 5.56 Å². The number of alkyl halides is 1. The van der Waals surface area contributed by atoms with E-state index in [1.54, 1.807) is 0 Å². The third-order valence-electron chi connectivity index (χ3n) is 1.98. The van der Waals surface area contributed by atoms with E-state index in [-0.39, 0.29) is 5.02 Å². The molecule has 6 nitrogen and oxygen atoms in total. The molecule has 0 amide bonds. The lowest BCUT2D eigenvalue weighted by Crippen LogP contribution is -2.19. The van der Waals surface area contributed by atoms with Crippen LogP contribution in [-0.4, -0.2) is 19.6 Å². The number of rotatable bonds is 3. The maximum Gasteiger partial charge on any atom is 0.363 e. The van der Waals surface area contributed by atoms with Crippen LogP contribution in [0.4, 0.5) is 0 Å². The molecule has 0 aliphatic heterocycles. The van der Waals surface area contributed by atoms with Crippen molar-refractivity contribution in [2.45, 2.75) is 4.36 Å². The average Bonchev–Trinajstić information content (AvgIpc) is 2.14. The van der Waals surface area contributed by atoms with Crippen LogP contribution in [0.2, 0.25) is 5.02 Å². The molecule has 0 unspecified atom stereocenters. The summed E-state index contributed by atoms with van der Waals surface area (Å²) in [6, 6.07) is 4.54. The summed E-state index contributed by atoms with van der Waals surface area (Å²) >= 11 is 11.1. The fourth-order valence-corrected chi connectivity index (χ4v) is 3.75. The van der Waals surface area contributed by atoms with Gasteiger partial charge in [0.25, 0.3) is 4.36 Å². The second-order valence-electron chi connectivity index (χ2n) is 3.18. The van der Waals surface area contributed by atoms with Gasteiger partial charge in [0.05, 0.1) is 0 Å². The Morgan fingerprint density at radius 1 is 0.941 bits per heavy atom. The molecule has 10 heteroatoms. The normalized spacial score (nSPS) is 13.8. The number of halogens is 2. The van der Waals surface area contributed by atoms with Crippen molar-refractivity contribution in [3.05, 3.63) is 34.9 Å². The summed E-state index contributed by atoms with van der Waals surface area (Å²) in [5.41, 5.74) is -0.398. The zero-order chi connectivity index (χ0) is 13.5. The van der Waals surface area contributed by atoms with Crippen molar-refractivity contribution in [1.29, 1.82) is 0 Å². The lowest BCUT2D eigenvalue weighted by molar-refractivity contribution is 0.331. The fraction of sp³-hybridized carbons (Fsp3) is 0.143. The smallest absolute Gasteiger partial charge is 0.322 e. The van der Waals surface area contributed by atoms with Gasteiger partial charge in [0.15, 0.2) is 0 Å². The van der Waals surface area contributed by atoms with Gasteiger partial charge < -0.3 is 19.6 Å². The minimum absolute atomic E-state index is 0.240. The van der Waals surface area contributed by atoms with Gasteiger partial charge in [-0.05, 0) is 17.7 Å². The van der Waals surface area contributed by atoms with Crippen LogP contribution in [0, 0.1) is 0 Å². The van der Waals surface area contributed by atoms with E-state index in [1.807, 2.05) is 0 Å². The molecular formula is C7H8Cl2O6P2. The van der Waals surface area contributed by atoms with Crippen molar-refractivity contribution in [3.63, 3.8) is 0 Å². The average molecular weight is 321 g/mol. The van der Waals surface area contributed by atoms with Gasteiger partial charge in [0, 0.05) is 5.02 Å². The summed E-state index contributed by atoms with van der Waals surface area (Å²) in [5, 5.41) is 0.240. The Balaban J connectivity index is 3.52. The Kier molecular flexibility index (Phi) is 4.15. The molecule has 1 aromatic rings. The summed E-state index contributed by atoms with van der Waals surface area (Å²) in [5.74, 6) is 0. The second kappa shape index (κ2) is 4.65. The molecule has 0 spiro atoms. The third kappa shape index (κ3) is 2.75. The topological polar surface area (TPSA) is 115 Å². The highest BCUT2D eigenvalue weighted by atomic mass is 35.5. The van der Waals surface area contributed by atoms with E-state index in [1.165, 1.54) is 12.1 Å². The van der Waals surface area contributed by atoms with Gasteiger partial charge in [-0.3, -0.25) is 9.13 Å². The Hall–Kier alpha value is 0.1000. The van der Waals surface area contributed by atoms with E-state index in [0.717, 1.165) is 12.1 Å². The summed E-state index contributed by atoms with van der Waals surface area (Å²) in [7, 11) is -10.6. The second-order valence-corrected chi connectivity index (χ2v) is 8.58. The molecule has 0 aromatic heterocycles. The van der Waals surface area contributed by atoms with Crippen molar-refractivity contribution < 1.29 is 28.7 Å². The molecule has 0 aliphatic carbocycles. The van der Waals surface area contributed by atoms with E-state index < -0.39 is 25.1 Å². The van der Waals surface area contributed by atoms with Crippen LogP contribution in [0.5, 0.6) is 0 Å².